The van der Waals surface area contributed by atoms with E-state index in [0.29, 0.717) is 0 Å². The minimum absolute atomic E-state index is 1.21. The molecule has 0 unspecified atom stereocenters. The molecule has 32 heavy (non-hydrogen) atoms. The number of aryl methyl sites for hydroxylation is 2. The van der Waals surface area contributed by atoms with E-state index in [0.717, 1.165) is 0 Å². The van der Waals surface area contributed by atoms with E-state index in [1.807, 2.05) is 0 Å². The van der Waals surface area contributed by atoms with Gasteiger partial charge in [0.15, 0.2) is 0 Å². The van der Waals surface area contributed by atoms with E-state index < -0.39 is 0 Å². The maximum absolute atomic E-state index is 2.52. The van der Waals surface area contributed by atoms with Crippen molar-refractivity contribution in [2.45, 2.75) is 168 Å². The van der Waals surface area contributed by atoms with Gasteiger partial charge in [-0.25, -0.2) is 9.13 Å². The van der Waals surface area contributed by atoms with Crippen LogP contribution in [0.5, 0.6) is 0 Å². The van der Waals surface area contributed by atoms with Crippen LogP contribution in [0.25, 0.3) is 0 Å². The van der Waals surface area contributed by atoms with Gasteiger partial charge in [0.1, 0.15) is 12.4 Å². The van der Waals surface area contributed by atoms with Crippen molar-refractivity contribution in [3.8, 4) is 0 Å². The van der Waals surface area contributed by atoms with Crippen molar-refractivity contribution in [2.24, 2.45) is 7.05 Å². The van der Waals surface area contributed by atoms with E-state index >= 15 is 0 Å². The van der Waals surface area contributed by atoms with Crippen LogP contribution < -0.4 is 4.57 Å². The lowest BCUT2D eigenvalue weighted by Gasteiger charge is -2.05. The highest BCUT2D eigenvalue weighted by molar-refractivity contribution is 4.84. The zero-order valence-corrected chi connectivity index (χ0v) is 22.5. The highest BCUT2D eigenvalue weighted by atomic mass is 15.1. The average Bonchev–Trinajstić information content (AvgIpc) is 3.15. The second kappa shape index (κ2) is 22.0. The predicted octanol–water partition coefficient (Wildman–Crippen LogP) is 9.48. The smallest absolute Gasteiger partial charge is 0.237 e. The molecule has 1 rings (SSSR count). The fourth-order valence-electron chi connectivity index (χ4n) is 4.97. The average molecular weight is 448 g/mol. The molecule has 1 aromatic rings. The first-order valence-electron chi connectivity index (χ1n) is 14.8. The number of imidazole rings is 1. The fourth-order valence-corrected chi connectivity index (χ4v) is 4.97. The fraction of sp³-hybridized carbons (Fsp3) is 0.900. The normalized spacial score (nSPS) is 11.5. The van der Waals surface area contributed by atoms with Gasteiger partial charge in [-0.3, -0.25) is 0 Å². The van der Waals surface area contributed by atoms with Gasteiger partial charge in [-0.2, -0.15) is 0 Å². The van der Waals surface area contributed by atoms with E-state index in [4.69, 9.17) is 0 Å². The third-order valence-corrected chi connectivity index (χ3v) is 7.22. The van der Waals surface area contributed by atoms with Gasteiger partial charge in [-0.15, -0.1) is 0 Å². The van der Waals surface area contributed by atoms with Gasteiger partial charge in [-0.05, 0) is 19.3 Å². The second-order valence-electron chi connectivity index (χ2n) is 10.3. The highest BCUT2D eigenvalue weighted by Gasteiger charge is 2.13. The molecule has 0 aliphatic heterocycles. The number of nitrogens with zero attached hydrogens (tertiary/aromatic N) is 2. The van der Waals surface area contributed by atoms with Gasteiger partial charge in [-0.1, -0.05) is 136 Å². The van der Waals surface area contributed by atoms with E-state index in [2.05, 4.69) is 42.4 Å². The largest absolute Gasteiger partial charge is 0.256 e. The van der Waals surface area contributed by atoms with Crippen LogP contribution in [0.3, 0.4) is 0 Å². The number of aromatic nitrogens is 2. The Morgan fingerprint density at radius 1 is 0.531 bits per heavy atom. The molecule has 0 aliphatic rings. The van der Waals surface area contributed by atoms with Crippen LogP contribution in [0, 0.1) is 0 Å². The van der Waals surface area contributed by atoms with Gasteiger partial charge in [0.25, 0.3) is 5.82 Å². The summed E-state index contributed by atoms with van der Waals surface area (Å²) in [5.41, 5.74) is 0. The van der Waals surface area contributed by atoms with Gasteiger partial charge >= 0.3 is 0 Å². The number of unbranched alkanes of at least 4 members (excludes halogenated alkanes) is 20. The molecule has 188 valence electrons. The lowest BCUT2D eigenvalue weighted by molar-refractivity contribution is -0.678. The molecule has 0 amide bonds. The van der Waals surface area contributed by atoms with Crippen LogP contribution in [0.15, 0.2) is 12.4 Å². The Bertz CT molecular complexity index is 505. The summed E-state index contributed by atoms with van der Waals surface area (Å²) in [4.78, 5) is 0. The third kappa shape index (κ3) is 15.9. The molecule has 2 nitrogen and oxygen atoms in total. The van der Waals surface area contributed by atoms with Gasteiger partial charge in [0, 0.05) is 6.42 Å². The number of hydrogen-bond donors (Lipinski definition) is 0. The van der Waals surface area contributed by atoms with Crippen LogP contribution in [0.1, 0.15) is 161 Å². The van der Waals surface area contributed by atoms with Crippen LogP contribution in [0.2, 0.25) is 0 Å². The molecular formula is C30H59N2+. The maximum atomic E-state index is 2.52. The van der Waals surface area contributed by atoms with Crippen molar-refractivity contribution >= 4 is 0 Å². The molecule has 1 aromatic heterocycles. The SMILES string of the molecule is CCCCCCCCCCCCCCCCCc1n(CCCCCCCCC)cc[n+]1C. The summed E-state index contributed by atoms with van der Waals surface area (Å²) in [6.45, 7) is 5.81. The van der Waals surface area contributed by atoms with Crippen LogP contribution in [0.4, 0.5) is 0 Å². The Labute approximate surface area is 202 Å². The van der Waals surface area contributed by atoms with Crippen LogP contribution >= 0.6 is 0 Å². The first-order valence-corrected chi connectivity index (χ1v) is 14.8. The quantitative estimate of drug-likeness (QED) is 0.110. The summed E-state index contributed by atoms with van der Waals surface area (Å²) in [5.74, 6) is 1.53. The monoisotopic (exact) mass is 447 g/mol. The van der Waals surface area contributed by atoms with Crippen molar-refractivity contribution in [3.05, 3.63) is 18.2 Å². The summed E-state index contributed by atoms with van der Waals surface area (Å²) < 4.78 is 4.88. The molecule has 0 aliphatic carbocycles. The molecule has 0 N–H and O–H groups in total. The molecule has 0 bridgehead atoms. The molecular weight excluding hydrogens is 388 g/mol. The summed E-state index contributed by atoms with van der Waals surface area (Å²) in [6, 6.07) is 0. The minimum Gasteiger partial charge on any atom is -0.237 e. The molecule has 0 saturated carbocycles. The van der Waals surface area contributed by atoms with Crippen LogP contribution in [-0.4, -0.2) is 4.57 Å². The second-order valence-corrected chi connectivity index (χ2v) is 10.3. The zero-order valence-electron chi connectivity index (χ0n) is 22.5. The lowest BCUT2D eigenvalue weighted by atomic mass is 10.0. The molecule has 0 aromatic carbocycles. The zero-order chi connectivity index (χ0) is 23.1. The van der Waals surface area contributed by atoms with Crippen molar-refractivity contribution in [2.75, 3.05) is 0 Å². The summed E-state index contributed by atoms with van der Waals surface area (Å²) in [7, 11) is 2.22. The molecule has 0 radical (unpaired) electrons. The molecule has 1 heterocycles. The Morgan fingerprint density at radius 3 is 1.34 bits per heavy atom. The summed E-state index contributed by atoms with van der Waals surface area (Å²) in [6.07, 6.45) is 37.2. The first kappa shape index (κ1) is 29.2. The Morgan fingerprint density at radius 2 is 0.906 bits per heavy atom. The Hall–Kier alpha value is -0.790. The van der Waals surface area contributed by atoms with Crippen molar-refractivity contribution in [1.29, 1.82) is 0 Å². The van der Waals surface area contributed by atoms with Gasteiger partial charge in [0.2, 0.25) is 0 Å². The Balaban J connectivity index is 1.95. The van der Waals surface area contributed by atoms with Crippen molar-refractivity contribution < 1.29 is 4.57 Å². The standard InChI is InChI=1S/C30H59N2/c1-4-6-8-10-12-13-14-15-16-17-18-19-20-22-24-26-30-31(3)28-29-32(30)27-25-23-21-11-9-7-5-2/h28-29H,4-27H2,1-3H3/q+1. The van der Waals surface area contributed by atoms with Crippen LogP contribution in [-0.2, 0) is 20.0 Å². The molecule has 0 atom stereocenters. The third-order valence-electron chi connectivity index (χ3n) is 7.22. The van der Waals surface area contributed by atoms with E-state index in [9.17, 15) is 0 Å². The molecule has 0 fully saturated rings. The number of rotatable bonds is 24. The predicted molar refractivity (Wildman–Crippen MR) is 142 cm³/mol. The molecule has 2 heteroatoms. The highest BCUT2D eigenvalue weighted by Crippen LogP contribution is 2.14. The van der Waals surface area contributed by atoms with Crippen molar-refractivity contribution in [3.63, 3.8) is 0 Å². The van der Waals surface area contributed by atoms with E-state index in [1.165, 1.54) is 160 Å². The molecule has 0 saturated heterocycles. The van der Waals surface area contributed by atoms with E-state index in [1.54, 1.807) is 0 Å². The topological polar surface area (TPSA) is 8.81 Å². The van der Waals surface area contributed by atoms with Gasteiger partial charge < -0.3 is 0 Å². The summed E-state index contributed by atoms with van der Waals surface area (Å²) >= 11 is 0. The lowest BCUT2D eigenvalue weighted by Crippen LogP contribution is -2.32. The maximum Gasteiger partial charge on any atom is 0.256 e. The van der Waals surface area contributed by atoms with E-state index in [-0.39, 0.29) is 0 Å². The first-order chi connectivity index (χ1) is 15.8. The molecule has 0 spiro atoms. The summed E-state index contributed by atoms with van der Waals surface area (Å²) in [5, 5.41) is 0. The van der Waals surface area contributed by atoms with Gasteiger partial charge in [0.05, 0.1) is 13.6 Å². The van der Waals surface area contributed by atoms with Crippen molar-refractivity contribution in [1.82, 2.24) is 4.57 Å². The Kier molecular flexibility index (Phi) is 20.1. The minimum atomic E-state index is 1.21. The number of hydrogen-bond acceptors (Lipinski definition) is 0.